The van der Waals surface area contributed by atoms with E-state index >= 15 is 0 Å². The second kappa shape index (κ2) is 10.6. The number of pyridine rings is 1. The average Bonchev–Trinajstić information content (AvgIpc) is 2.78. The SMILES string of the molecule is CCCCCCNC(=O)c1ncccc1NC(=O)c1ccc(N(C)C)c2ccccc12. The number of benzene rings is 2. The largest absolute Gasteiger partial charge is 0.377 e. The third-order valence-electron chi connectivity index (χ3n) is 5.21. The summed E-state index contributed by atoms with van der Waals surface area (Å²) in [5.41, 5.74) is 2.22. The van der Waals surface area contributed by atoms with Gasteiger partial charge < -0.3 is 15.5 Å². The maximum absolute atomic E-state index is 13.1. The molecule has 0 fully saturated rings. The lowest BCUT2D eigenvalue weighted by atomic mass is 10.0. The normalized spacial score (nSPS) is 10.7. The number of unbranched alkanes of at least 4 members (excludes halogenated alkanes) is 3. The third kappa shape index (κ3) is 5.40. The zero-order valence-corrected chi connectivity index (χ0v) is 18.4. The van der Waals surface area contributed by atoms with Crippen LogP contribution in [0.2, 0.25) is 0 Å². The van der Waals surface area contributed by atoms with Crippen molar-refractivity contribution in [3.63, 3.8) is 0 Å². The minimum absolute atomic E-state index is 0.223. The van der Waals surface area contributed by atoms with Crippen molar-refractivity contribution in [1.29, 1.82) is 0 Å². The van der Waals surface area contributed by atoms with E-state index in [1.807, 2.05) is 55.4 Å². The summed E-state index contributed by atoms with van der Waals surface area (Å²) in [7, 11) is 3.95. The van der Waals surface area contributed by atoms with Crippen LogP contribution in [-0.4, -0.2) is 37.4 Å². The van der Waals surface area contributed by atoms with E-state index < -0.39 is 0 Å². The smallest absolute Gasteiger partial charge is 0.272 e. The average molecular weight is 419 g/mol. The molecule has 0 saturated carbocycles. The molecule has 6 heteroatoms. The number of anilines is 2. The summed E-state index contributed by atoms with van der Waals surface area (Å²) < 4.78 is 0. The Balaban J connectivity index is 1.80. The Bertz CT molecular complexity index is 1060. The molecule has 0 atom stereocenters. The summed E-state index contributed by atoms with van der Waals surface area (Å²) in [6.45, 7) is 2.75. The molecule has 3 aromatic rings. The van der Waals surface area contributed by atoms with Crippen molar-refractivity contribution in [3.05, 3.63) is 66.0 Å². The minimum atomic E-state index is -0.278. The number of carbonyl (C=O) groups is 2. The van der Waals surface area contributed by atoms with Gasteiger partial charge in [0.25, 0.3) is 11.8 Å². The first-order valence-electron chi connectivity index (χ1n) is 10.8. The highest BCUT2D eigenvalue weighted by molar-refractivity contribution is 6.16. The van der Waals surface area contributed by atoms with Gasteiger partial charge in [0.15, 0.2) is 5.69 Å². The van der Waals surface area contributed by atoms with Crippen LogP contribution in [0.1, 0.15) is 53.5 Å². The Hall–Kier alpha value is -3.41. The third-order valence-corrected chi connectivity index (χ3v) is 5.21. The number of hydrogen-bond acceptors (Lipinski definition) is 4. The molecule has 2 aromatic carbocycles. The van der Waals surface area contributed by atoms with Gasteiger partial charge in [0.05, 0.1) is 5.69 Å². The molecule has 31 heavy (non-hydrogen) atoms. The molecule has 0 unspecified atom stereocenters. The fourth-order valence-corrected chi connectivity index (χ4v) is 3.59. The van der Waals surface area contributed by atoms with Crippen molar-refractivity contribution in [1.82, 2.24) is 10.3 Å². The highest BCUT2D eigenvalue weighted by Crippen LogP contribution is 2.29. The number of carbonyl (C=O) groups excluding carboxylic acids is 2. The van der Waals surface area contributed by atoms with E-state index in [-0.39, 0.29) is 17.5 Å². The summed E-state index contributed by atoms with van der Waals surface area (Å²) in [5.74, 6) is -0.549. The van der Waals surface area contributed by atoms with Crippen molar-refractivity contribution < 1.29 is 9.59 Å². The van der Waals surface area contributed by atoms with Gasteiger partial charge in [-0.1, -0.05) is 50.5 Å². The molecule has 1 aromatic heterocycles. The van der Waals surface area contributed by atoms with Gasteiger partial charge in [-0.3, -0.25) is 9.59 Å². The number of aromatic nitrogens is 1. The van der Waals surface area contributed by atoms with E-state index in [0.717, 1.165) is 42.1 Å². The van der Waals surface area contributed by atoms with Crippen molar-refractivity contribution in [2.45, 2.75) is 32.6 Å². The van der Waals surface area contributed by atoms with Crippen molar-refractivity contribution >= 4 is 34.0 Å². The Kier molecular flexibility index (Phi) is 7.60. The van der Waals surface area contributed by atoms with Crippen molar-refractivity contribution in [2.75, 3.05) is 30.9 Å². The van der Waals surface area contributed by atoms with Gasteiger partial charge in [-0.15, -0.1) is 0 Å². The second-order valence-corrected chi connectivity index (χ2v) is 7.74. The summed E-state index contributed by atoms with van der Waals surface area (Å²) in [4.78, 5) is 32.0. The molecule has 0 spiro atoms. The van der Waals surface area contributed by atoms with E-state index in [1.54, 1.807) is 18.3 Å². The number of nitrogens with zero attached hydrogens (tertiary/aromatic N) is 2. The van der Waals surface area contributed by atoms with Crippen molar-refractivity contribution in [2.24, 2.45) is 0 Å². The molecule has 3 rings (SSSR count). The number of amides is 2. The van der Waals surface area contributed by atoms with Crippen LogP contribution in [-0.2, 0) is 0 Å². The molecule has 0 bridgehead atoms. The fraction of sp³-hybridized carbons (Fsp3) is 0.320. The van der Waals surface area contributed by atoms with Gasteiger partial charge >= 0.3 is 0 Å². The van der Waals surface area contributed by atoms with Gasteiger partial charge in [0, 0.05) is 43.5 Å². The maximum atomic E-state index is 13.1. The van der Waals surface area contributed by atoms with Crippen molar-refractivity contribution in [3.8, 4) is 0 Å². The highest BCUT2D eigenvalue weighted by atomic mass is 16.2. The molecule has 0 saturated heterocycles. The predicted molar refractivity (Wildman–Crippen MR) is 127 cm³/mol. The molecule has 2 N–H and O–H groups in total. The van der Waals surface area contributed by atoms with Crippen LogP contribution in [0, 0.1) is 0 Å². The standard InChI is InChI=1S/C25H30N4O2/c1-4-5-6-9-16-27-25(31)23-21(13-10-17-26-23)28-24(30)20-14-15-22(29(2)3)19-12-8-7-11-18(19)20/h7-8,10-15,17H,4-6,9,16H2,1-3H3,(H,27,31)(H,28,30). The van der Waals surface area contributed by atoms with E-state index in [4.69, 9.17) is 0 Å². The van der Waals surface area contributed by atoms with Crippen LogP contribution >= 0.6 is 0 Å². The molecule has 162 valence electrons. The van der Waals surface area contributed by atoms with Gasteiger partial charge in [0.2, 0.25) is 0 Å². The number of nitrogens with one attached hydrogen (secondary N) is 2. The molecule has 0 aliphatic heterocycles. The lowest BCUT2D eigenvalue weighted by molar-refractivity contribution is 0.0949. The first-order valence-corrected chi connectivity index (χ1v) is 10.8. The van der Waals surface area contributed by atoms with E-state index in [1.165, 1.54) is 0 Å². The summed E-state index contributed by atoms with van der Waals surface area (Å²) >= 11 is 0. The monoisotopic (exact) mass is 418 g/mol. The van der Waals surface area contributed by atoms with Crippen LogP contribution in [0.5, 0.6) is 0 Å². The van der Waals surface area contributed by atoms with Gasteiger partial charge in [-0.05, 0) is 36.1 Å². The molecule has 0 radical (unpaired) electrons. The van der Waals surface area contributed by atoms with Crippen LogP contribution in [0.3, 0.4) is 0 Å². The molecule has 2 amide bonds. The molecule has 0 aliphatic carbocycles. The number of hydrogen-bond donors (Lipinski definition) is 2. The lowest BCUT2D eigenvalue weighted by Crippen LogP contribution is -2.27. The zero-order chi connectivity index (χ0) is 22.2. The van der Waals surface area contributed by atoms with E-state index in [9.17, 15) is 9.59 Å². The van der Waals surface area contributed by atoms with Gasteiger partial charge in [-0.2, -0.15) is 0 Å². The molecular weight excluding hydrogens is 388 g/mol. The molecule has 1 heterocycles. The molecular formula is C25H30N4O2. The van der Waals surface area contributed by atoms with Crippen LogP contribution in [0.25, 0.3) is 10.8 Å². The Morgan fingerprint density at radius 3 is 2.42 bits per heavy atom. The van der Waals surface area contributed by atoms with E-state index in [0.29, 0.717) is 17.8 Å². The first kappa shape index (κ1) is 22.3. The second-order valence-electron chi connectivity index (χ2n) is 7.74. The summed E-state index contributed by atoms with van der Waals surface area (Å²) in [5, 5.41) is 7.64. The summed E-state index contributed by atoms with van der Waals surface area (Å²) in [6.07, 6.45) is 5.87. The minimum Gasteiger partial charge on any atom is -0.377 e. The Labute approximate surface area is 183 Å². The predicted octanol–water partition coefficient (Wildman–Crippen LogP) is 4.86. The van der Waals surface area contributed by atoms with Gasteiger partial charge in [0.1, 0.15) is 0 Å². The zero-order valence-electron chi connectivity index (χ0n) is 18.4. The number of fused-ring (bicyclic) bond motifs is 1. The lowest BCUT2D eigenvalue weighted by Gasteiger charge is -2.17. The number of rotatable bonds is 9. The molecule has 6 nitrogen and oxygen atoms in total. The highest BCUT2D eigenvalue weighted by Gasteiger charge is 2.17. The topological polar surface area (TPSA) is 74.3 Å². The van der Waals surface area contributed by atoms with Crippen LogP contribution in [0.4, 0.5) is 11.4 Å². The van der Waals surface area contributed by atoms with Gasteiger partial charge in [-0.25, -0.2) is 4.98 Å². The van der Waals surface area contributed by atoms with Crippen LogP contribution in [0.15, 0.2) is 54.7 Å². The summed E-state index contributed by atoms with van der Waals surface area (Å²) in [6, 6.07) is 15.0. The first-order chi connectivity index (χ1) is 15.0. The fourth-order valence-electron chi connectivity index (χ4n) is 3.59. The maximum Gasteiger partial charge on any atom is 0.272 e. The quantitative estimate of drug-likeness (QED) is 0.487. The molecule has 0 aliphatic rings. The van der Waals surface area contributed by atoms with Crippen LogP contribution < -0.4 is 15.5 Å². The Morgan fingerprint density at radius 2 is 1.68 bits per heavy atom. The Morgan fingerprint density at radius 1 is 0.903 bits per heavy atom. The van der Waals surface area contributed by atoms with E-state index in [2.05, 4.69) is 22.5 Å².